The van der Waals surface area contributed by atoms with Crippen molar-refractivity contribution in [1.29, 1.82) is 0 Å². The molecule has 0 aromatic heterocycles. The predicted octanol–water partition coefficient (Wildman–Crippen LogP) is 2.97. The lowest BCUT2D eigenvalue weighted by molar-refractivity contribution is -0.136. The van der Waals surface area contributed by atoms with Crippen LogP contribution in [0.25, 0.3) is 0 Å². The Balaban J connectivity index is 4.86. The van der Waals surface area contributed by atoms with Gasteiger partial charge in [-0.05, 0) is 23.7 Å². The fraction of sp³-hybridized carbons (Fsp3) is 0.222. The lowest BCUT2D eigenvalue weighted by atomic mass is 10.1. The van der Waals surface area contributed by atoms with Crippen molar-refractivity contribution in [2.45, 2.75) is 13.3 Å². The summed E-state index contributed by atoms with van der Waals surface area (Å²) in [6.07, 6.45) is 5.69. The summed E-state index contributed by atoms with van der Waals surface area (Å²) >= 11 is 3.20. The molecule has 14 heavy (non-hydrogen) atoms. The molecule has 0 radical (unpaired) electrons. The third-order valence-corrected chi connectivity index (χ3v) is 2.07. The van der Waals surface area contributed by atoms with E-state index in [4.69, 9.17) is 5.11 Å². The van der Waals surface area contributed by atoms with Crippen LogP contribution in [0.1, 0.15) is 13.3 Å². The van der Waals surface area contributed by atoms with Crippen molar-refractivity contribution in [3.8, 4) is 0 Å². The van der Waals surface area contributed by atoms with Crippen LogP contribution in [0.2, 0.25) is 0 Å². The molecule has 0 aliphatic carbocycles. The van der Waals surface area contributed by atoms with Gasteiger partial charge < -0.3 is 5.11 Å². The Kier molecular flexibility index (Phi) is 6.57. The number of carboxylic acid groups (broad SMARTS) is 1. The Morgan fingerprint density at radius 1 is 1.50 bits per heavy atom. The number of carbonyl (C=O) groups is 1. The first-order valence-electron chi connectivity index (χ1n) is 3.84. The third-order valence-electron chi connectivity index (χ3n) is 1.30. The Morgan fingerprint density at radius 2 is 2.14 bits per heavy atom. The maximum Gasteiger partial charge on any atom is 0.307 e. The molecule has 0 heterocycles. The van der Waals surface area contributed by atoms with E-state index in [1.54, 1.807) is 19.1 Å². The van der Waals surface area contributed by atoms with Crippen LogP contribution in [0.3, 0.4) is 0 Å². The molecule has 0 bridgehead atoms. The summed E-state index contributed by atoms with van der Waals surface area (Å²) in [4.78, 5) is 20.3. The summed E-state index contributed by atoms with van der Waals surface area (Å²) in [5.41, 5.74) is 0.496. The number of aliphatic carboxylic acids is 1. The zero-order chi connectivity index (χ0) is 11.0. The largest absolute Gasteiger partial charge is 0.481 e. The highest BCUT2D eigenvalue weighted by Gasteiger charge is 2.04. The van der Waals surface area contributed by atoms with Gasteiger partial charge in [0.1, 0.15) is 0 Å². The van der Waals surface area contributed by atoms with Crippen LogP contribution in [0.4, 0.5) is 0 Å². The van der Waals surface area contributed by atoms with Crippen molar-refractivity contribution in [3.05, 3.63) is 39.4 Å². The molecule has 5 heteroatoms. The van der Waals surface area contributed by atoms with Crippen molar-refractivity contribution < 1.29 is 9.90 Å². The van der Waals surface area contributed by atoms with E-state index in [1.165, 1.54) is 6.08 Å². The summed E-state index contributed by atoms with van der Waals surface area (Å²) < 4.78 is 0.627. The van der Waals surface area contributed by atoms with Crippen LogP contribution in [0, 0.1) is 4.91 Å². The average molecular weight is 260 g/mol. The number of hydrogen-bond donors (Lipinski definition) is 1. The molecule has 0 unspecified atom stereocenters. The summed E-state index contributed by atoms with van der Waals surface area (Å²) in [6, 6.07) is 0. The van der Waals surface area contributed by atoms with Crippen molar-refractivity contribution in [1.82, 2.24) is 0 Å². The first-order chi connectivity index (χ1) is 6.61. The molecule has 0 aromatic carbocycles. The highest BCUT2D eigenvalue weighted by Crippen LogP contribution is 2.18. The molecule has 0 atom stereocenters. The first-order valence-corrected chi connectivity index (χ1v) is 4.63. The minimum atomic E-state index is -0.961. The Hall–Kier alpha value is -1.23. The molecule has 4 nitrogen and oxygen atoms in total. The summed E-state index contributed by atoms with van der Waals surface area (Å²) in [5.74, 6) is -0.961. The number of allylic oxidation sites excluding steroid dienone is 4. The van der Waals surface area contributed by atoms with Crippen LogP contribution >= 0.6 is 15.9 Å². The fourth-order valence-corrected chi connectivity index (χ4v) is 1.30. The molecule has 0 fully saturated rings. The summed E-state index contributed by atoms with van der Waals surface area (Å²) in [5, 5.41) is 11.1. The predicted molar refractivity (Wildman–Crippen MR) is 58.0 cm³/mol. The molecular weight excluding hydrogens is 250 g/mol. The zero-order valence-electron chi connectivity index (χ0n) is 7.61. The fourth-order valence-electron chi connectivity index (χ4n) is 0.760. The van der Waals surface area contributed by atoms with Crippen LogP contribution < -0.4 is 0 Å². The van der Waals surface area contributed by atoms with Gasteiger partial charge in [0.2, 0.25) is 0 Å². The number of nitrogens with zero attached hydrogens (tertiary/aromatic N) is 1. The normalized spacial score (nSPS) is 13.3. The van der Waals surface area contributed by atoms with E-state index in [0.29, 0.717) is 10.1 Å². The molecule has 0 saturated heterocycles. The van der Waals surface area contributed by atoms with Gasteiger partial charge >= 0.3 is 5.97 Å². The van der Waals surface area contributed by atoms with E-state index < -0.39 is 5.97 Å². The molecular formula is C9H10BrNO3. The monoisotopic (exact) mass is 259 g/mol. The van der Waals surface area contributed by atoms with E-state index in [1.807, 2.05) is 0 Å². The van der Waals surface area contributed by atoms with E-state index in [2.05, 4.69) is 21.1 Å². The molecule has 0 aliphatic heterocycles. The Labute approximate surface area is 90.1 Å². The number of carboxylic acids is 1. The van der Waals surface area contributed by atoms with Gasteiger partial charge in [-0.2, -0.15) is 0 Å². The third kappa shape index (κ3) is 5.42. The quantitative estimate of drug-likeness (QED) is 0.610. The molecule has 76 valence electrons. The van der Waals surface area contributed by atoms with E-state index in [9.17, 15) is 9.70 Å². The minimum absolute atomic E-state index is 0.156. The highest BCUT2D eigenvalue weighted by atomic mass is 79.9. The minimum Gasteiger partial charge on any atom is -0.481 e. The van der Waals surface area contributed by atoms with Gasteiger partial charge in [-0.3, -0.25) is 4.79 Å². The molecule has 0 aromatic rings. The number of hydrogen-bond acceptors (Lipinski definition) is 3. The van der Waals surface area contributed by atoms with Crippen molar-refractivity contribution in [2.24, 2.45) is 5.18 Å². The standard InChI is InChI=1S/C9H10BrNO3/c1-2-3-8(10)7(4-5-11-14)6-9(12)13/h2-5H,6H2,1H3,(H,12,13)/b3-2-,5-4+,8-7-. The van der Waals surface area contributed by atoms with Gasteiger partial charge in [0.15, 0.2) is 0 Å². The van der Waals surface area contributed by atoms with Crippen LogP contribution in [-0.2, 0) is 4.79 Å². The molecule has 0 amide bonds. The zero-order valence-corrected chi connectivity index (χ0v) is 9.19. The second kappa shape index (κ2) is 7.20. The van der Waals surface area contributed by atoms with Gasteiger partial charge in [-0.25, -0.2) is 0 Å². The smallest absolute Gasteiger partial charge is 0.307 e. The Morgan fingerprint density at radius 3 is 2.57 bits per heavy atom. The molecule has 0 saturated carbocycles. The maximum atomic E-state index is 10.5. The SMILES string of the molecule is C\C=C/C(Br)=C(\C=C\N=O)CC(=O)O. The lowest BCUT2D eigenvalue weighted by Gasteiger charge is -1.99. The lowest BCUT2D eigenvalue weighted by Crippen LogP contribution is -1.96. The van der Waals surface area contributed by atoms with Crippen LogP contribution in [-0.4, -0.2) is 11.1 Å². The van der Waals surface area contributed by atoms with Gasteiger partial charge in [-0.1, -0.05) is 28.1 Å². The average Bonchev–Trinajstić information content (AvgIpc) is 2.12. The van der Waals surface area contributed by atoms with Gasteiger partial charge in [-0.15, -0.1) is 4.91 Å². The maximum absolute atomic E-state index is 10.5. The van der Waals surface area contributed by atoms with Crippen LogP contribution in [0.15, 0.2) is 39.7 Å². The van der Waals surface area contributed by atoms with Gasteiger partial charge in [0, 0.05) is 4.48 Å². The molecule has 0 rings (SSSR count). The van der Waals surface area contributed by atoms with Gasteiger partial charge in [0.05, 0.1) is 12.6 Å². The number of rotatable bonds is 5. The van der Waals surface area contributed by atoms with E-state index in [-0.39, 0.29) is 6.42 Å². The summed E-state index contributed by atoms with van der Waals surface area (Å²) in [6.45, 7) is 1.81. The van der Waals surface area contributed by atoms with E-state index >= 15 is 0 Å². The highest BCUT2D eigenvalue weighted by molar-refractivity contribution is 9.11. The second-order valence-electron chi connectivity index (χ2n) is 2.36. The van der Waals surface area contributed by atoms with Gasteiger partial charge in [0.25, 0.3) is 0 Å². The van der Waals surface area contributed by atoms with Crippen molar-refractivity contribution in [2.75, 3.05) is 0 Å². The Bertz CT molecular complexity index is 305. The topological polar surface area (TPSA) is 66.7 Å². The molecule has 0 aliphatic rings. The van der Waals surface area contributed by atoms with Crippen molar-refractivity contribution in [3.63, 3.8) is 0 Å². The number of nitroso groups, excluding NO2 is 1. The molecule has 0 spiro atoms. The summed E-state index contributed by atoms with van der Waals surface area (Å²) in [7, 11) is 0. The van der Waals surface area contributed by atoms with Crippen LogP contribution in [0.5, 0.6) is 0 Å². The first kappa shape index (κ1) is 12.8. The second-order valence-corrected chi connectivity index (χ2v) is 3.22. The van der Waals surface area contributed by atoms with E-state index in [0.717, 1.165) is 6.20 Å². The number of halogens is 1. The molecule has 1 N–H and O–H groups in total. The van der Waals surface area contributed by atoms with Crippen molar-refractivity contribution >= 4 is 21.9 Å².